The van der Waals surface area contributed by atoms with Gasteiger partial charge in [-0.05, 0) is 31.7 Å². The van der Waals surface area contributed by atoms with Crippen LogP contribution < -0.4 is 5.32 Å². The van der Waals surface area contributed by atoms with Crippen LogP contribution in [0.25, 0.3) is 0 Å². The lowest BCUT2D eigenvalue weighted by atomic mass is 10.3. The van der Waals surface area contributed by atoms with Crippen LogP contribution in [0.4, 0.5) is 0 Å². The Bertz CT molecular complexity index is 294. The van der Waals surface area contributed by atoms with Crippen LogP contribution in [0.5, 0.6) is 0 Å². The lowest BCUT2D eigenvalue weighted by Crippen LogP contribution is -2.44. The lowest BCUT2D eigenvalue weighted by molar-refractivity contribution is -0.138. The van der Waals surface area contributed by atoms with E-state index in [2.05, 4.69) is 5.32 Å². The molecule has 0 aromatic heterocycles. The first-order valence-corrected chi connectivity index (χ1v) is 6.73. The van der Waals surface area contributed by atoms with Gasteiger partial charge in [0.05, 0.1) is 13.1 Å². The number of rotatable bonds is 8. The highest BCUT2D eigenvalue weighted by molar-refractivity contribution is 5.85. The van der Waals surface area contributed by atoms with Gasteiger partial charge in [0.2, 0.25) is 11.8 Å². The summed E-state index contributed by atoms with van der Waals surface area (Å²) in [5, 5.41) is 3.17. The highest BCUT2D eigenvalue weighted by Crippen LogP contribution is 2.27. The van der Waals surface area contributed by atoms with Crippen LogP contribution in [0.3, 0.4) is 0 Å². The third kappa shape index (κ3) is 7.38. The van der Waals surface area contributed by atoms with Crippen molar-refractivity contribution in [3.05, 3.63) is 0 Å². The fourth-order valence-corrected chi connectivity index (χ4v) is 1.68. The Hall–Kier alpha value is -0.810. The summed E-state index contributed by atoms with van der Waals surface area (Å²) in [4.78, 5) is 26.8. The third-order valence-electron chi connectivity index (χ3n) is 3.08. The molecule has 0 radical (unpaired) electrons. The molecule has 1 saturated carbocycles. The molecule has 0 unspecified atom stereocenters. The highest BCUT2D eigenvalue weighted by Gasteiger charge is 2.22. The molecule has 0 spiro atoms. The minimum absolute atomic E-state index is 0. The van der Waals surface area contributed by atoms with Gasteiger partial charge in [0.15, 0.2) is 0 Å². The lowest BCUT2D eigenvalue weighted by Gasteiger charge is -2.23. The van der Waals surface area contributed by atoms with Crippen LogP contribution in [-0.4, -0.2) is 61.9 Å². The van der Waals surface area contributed by atoms with Crippen molar-refractivity contribution in [2.24, 2.45) is 5.92 Å². The van der Waals surface area contributed by atoms with Crippen molar-refractivity contribution in [1.82, 2.24) is 15.1 Å². The molecule has 1 N–H and O–H groups in total. The van der Waals surface area contributed by atoms with Gasteiger partial charge in [0.25, 0.3) is 0 Å². The Kier molecular flexibility index (Phi) is 8.76. The van der Waals surface area contributed by atoms with E-state index in [1.807, 2.05) is 6.92 Å². The fourth-order valence-electron chi connectivity index (χ4n) is 1.68. The Labute approximate surface area is 122 Å². The van der Waals surface area contributed by atoms with Gasteiger partial charge >= 0.3 is 0 Å². The topological polar surface area (TPSA) is 52.7 Å². The first-order chi connectivity index (χ1) is 8.54. The summed E-state index contributed by atoms with van der Waals surface area (Å²) in [6.45, 7) is 4.11. The summed E-state index contributed by atoms with van der Waals surface area (Å²) in [6.07, 6.45) is 3.42. The van der Waals surface area contributed by atoms with Gasteiger partial charge in [-0.25, -0.2) is 0 Å². The smallest absolute Gasteiger partial charge is 0.241 e. The van der Waals surface area contributed by atoms with Gasteiger partial charge in [-0.2, -0.15) is 0 Å². The van der Waals surface area contributed by atoms with Gasteiger partial charge in [-0.3, -0.25) is 9.59 Å². The maximum Gasteiger partial charge on any atom is 0.241 e. The molecule has 1 aliphatic carbocycles. The van der Waals surface area contributed by atoms with E-state index in [9.17, 15) is 9.59 Å². The maximum absolute atomic E-state index is 12.0. The second-order valence-corrected chi connectivity index (χ2v) is 5.18. The summed E-state index contributed by atoms with van der Waals surface area (Å²) >= 11 is 0. The molecular formula is C13H26ClN3O2. The number of amides is 2. The van der Waals surface area contributed by atoms with Crippen molar-refractivity contribution < 1.29 is 9.59 Å². The Morgan fingerprint density at radius 3 is 2.32 bits per heavy atom. The Morgan fingerprint density at radius 2 is 1.84 bits per heavy atom. The average Bonchev–Trinajstić information content (AvgIpc) is 3.12. The average molecular weight is 292 g/mol. The molecule has 5 nitrogen and oxygen atoms in total. The highest BCUT2D eigenvalue weighted by atomic mass is 35.5. The zero-order valence-corrected chi connectivity index (χ0v) is 13.0. The molecule has 0 atom stereocenters. The predicted octanol–water partition coefficient (Wildman–Crippen LogP) is 0.735. The molecule has 19 heavy (non-hydrogen) atoms. The Morgan fingerprint density at radius 1 is 1.21 bits per heavy atom. The predicted molar refractivity (Wildman–Crippen MR) is 78.4 cm³/mol. The van der Waals surface area contributed by atoms with E-state index in [1.165, 1.54) is 17.7 Å². The largest absolute Gasteiger partial charge is 0.347 e. The van der Waals surface area contributed by atoms with E-state index in [0.29, 0.717) is 13.1 Å². The SMILES string of the molecule is CCCN(CC(=O)N(C)C)C(=O)CNCC1CC1.Cl. The summed E-state index contributed by atoms with van der Waals surface area (Å²) < 4.78 is 0. The van der Waals surface area contributed by atoms with Crippen molar-refractivity contribution in [3.8, 4) is 0 Å². The zero-order chi connectivity index (χ0) is 13.5. The molecule has 0 saturated heterocycles. The molecule has 112 valence electrons. The third-order valence-corrected chi connectivity index (χ3v) is 3.08. The van der Waals surface area contributed by atoms with Gasteiger partial charge in [-0.15, -0.1) is 12.4 Å². The van der Waals surface area contributed by atoms with Crippen molar-refractivity contribution in [2.45, 2.75) is 26.2 Å². The number of hydrogen-bond acceptors (Lipinski definition) is 3. The van der Waals surface area contributed by atoms with Crippen molar-refractivity contribution in [3.63, 3.8) is 0 Å². The number of nitrogens with zero attached hydrogens (tertiary/aromatic N) is 2. The molecule has 0 bridgehead atoms. The normalized spacial score (nSPS) is 13.6. The van der Waals surface area contributed by atoms with Crippen LogP contribution in [-0.2, 0) is 9.59 Å². The van der Waals surface area contributed by atoms with E-state index >= 15 is 0 Å². The fraction of sp³-hybridized carbons (Fsp3) is 0.846. The first kappa shape index (κ1) is 18.2. The monoisotopic (exact) mass is 291 g/mol. The van der Waals surface area contributed by atoms with Gasteiger partial charge in [0.1, 0.15) is 0 Å². The number of nitrogens with one attached hydrogen (secondary N) is 1. The van der Waals surface area contributed by atoms with Crippen molar-refractivity contribution in [1.29, 1.82) is 0 Å². The van der Waals surface area contributed by atoms with E-state index in [4.69, 9.17) is 0 Å². The minimum atomic E-state index is -0.0287. The van der Waals surface area contributed by atoms with E-state index in [1.54, 1.807) is 19.0 Å². The number of carbonyl (C=O) groups excluding carboxylic acids is 2. The van der Waals surface area contributed by atoms with Gasteiger partial charge in [-0.1, -0.05) is 6.92 Å². The van der Waals surface area contributed by atoms with Crippen molar-refractivity contribution >= 4 is 24.2 Å². The van der Waals surface area contributed by atoms with E-state index in [-0.39, 0.29) is 30.8 Å². The molecular weight excluding hydrogens is 266 g/mol. The Balaban J connectivity index is 0.00000324. The molecule has 0 heterocycles. The molecule has 1 rings (SSSR count). The summed E-state index contributed by atoms with van der Waals surface area (Å²) in [7, 11) is 3.42. The quantitative estimate of drug-likeness (QED) is 0.717. The summed E-state index contributed by atoms with van der Waals surface area (Å²) in [5.74, 6) is 0.757. The zero-order valence-electron chi connectivity index (χ0n) is 12.1. The van der Waals surface area contributed by atoms with Crippen LogP contribution in [0, 0.1) is 5.92 Å². The van der Waals surface area contributed by atoms with Crippen LogP contribution in [0.1, 0.15) is 26.2 Å². The number of halogens is 1. The molecule has 0 aromatic rings. The van der Waals surface area contributed by atoms with Crippen LogP contribution in [0.2, 0.25) is 0 Å². The molecule has 2 amide bonds. The minimum Gasteiger partial charge on any atom is -0.347 e. The number of carbonyl (C=O) groups is 2. The molecule has 0 aliphatic heterocycles. The second kappa shape index (κ2) is 9.15. The number of likely N-dealkylation sites (N-methyl/N-ethyl adjacent to an activating group) is 1. The summed E-state index contributed by atoms with van der Waals surface area (Å²) in [5.41, 5.74) is 0. The van der Waals surface area contributed by atoms with Crippen LogP contribution in [0.15, 0.2) is 0 Å². The number of hydrogen-bond donors (Lipinski definition) is 1. The molecule has 0 aromatic carbocycles. The van der Waals surface area contributed by atoms with E-state index < -0.39 is 0 Å². The first-order valence-electron chi connectivity index (χ1n) is 6.73. The second-order valence-electron chi connectivity index (χ2n) is 5.18. The van der Waals surface area contributed by atoms with Gasteiger partial charge < -0.3 is 15.1 Å². The summed E-state index contributed by atoms with van der Waals surface area (Å²) in [6, 6.07) is 0. The molecule has 1 aliphatic rings. The standard InChI is InChI=1S/C13H25N3O2.ClH/c1-4-7-16(10-13(18)15(2)3)12(17)9-14-8-11-5-6-11;/h11,14H,4-10H2,1-3H3;1H. The van der Waals surface area contributed by atoms with E-state index in [0.717, 1.165) is 18.9 Å². The molecule has 6 heteroatoms. The molecule has 1 fully saturated rings. The van der Waals surface area contributed by atoms with Crippen LogP contribution >= 0.6 is 12.4 Å². The van der Waals surface area contributed by atoms with Crippen molar-refractivity contribution in [2.75, 3.05) is 40.3 Å². The van der Waals surface area contributed by atoms with Gasteiger partial charge in [0, 0.05) is 20.6 Å². The maximum atomic E-state index is 12.0.